The Morgan fingerprint density at radius 2 is 2.40 bits per heavy atom. The third-order valence-electron chi connectivity index (χ3n) is 2.58. The highest BCUT2D eigenvalue weighted by Gasteiger charge is 2.16. The largest absolute Gasteiger partial charge is 0.481 e. The lowest BCUT2D eigenvalue weighted by atomic mass is 10.2. The van der Waals surface area contributed by atoms with Gasteiger partial charge in [-0.1, -0.05) is 0 Å². The number of nitrogens with zero attached hydrogens (tertiary/aromatic N) is 4. The Kier molecular flexibility index (Phi) is 2.96. The first-order chi connectivity index (χ1) is 7.25. The Morgan fingerprint density at radius 1 is 1.53 bits per heavy atom. The highest BCUT2D eigenvalue weighted by molar-refractivity contribution is 5.66. The zero-order chi connectivity index (χ0) is 10.7. The van der Waals surface area contributed by atoms with E-state index in [2.05, 4.69) is 15.1 Å². The quantitative estimate of drug-likeness (QED) is 0.755. The summed E-state index contributed by atoms with van der Waals surface area (Å²) in [7, 11) is 0. The minimum atomic E-state index is -0.727. The van der Waals surface area contributed by atoms with Gasteiger partial charge in [-0.15, -0.1) is 10.2 Å². The van der Waals surface area contributed by atoms with E-state index in [1.807, 2.05) is 4.57 Å². The summed E-state index contributed by atoms with van der Waals surface area (Å²) in [5, 5.41) is 16.4. The van der Waals surface area contributed by atoms with Gasteiger partial charge in [-0.05, 0) is 13.0 Å². The summed E-state index contributed by atoms with van der Waals surface area (Å²) in [6, 6.07) is 0. The van der Waals surface area contributed by atoms with E-state index in [1.54, 1.807) is 6.33 Å². The topological polar surface area (TPSA) is 71.2 Å². The summed E-state index contributed by atoms with van der Waals surface area (Å²) in [6.45, 7) is 3.44. The molecule has 1 aliphatic rings. The van der Waals surface area contributed by atoms with Crippen molar-refractivity contribution in [2.75, 3.05) is 13.1 Å². The molecule has 6 heteroatoms. The van der Waals surface area contributed by atoms with Crippen LogP contribution in [-0.2, 0) is 17.9 Å². The number of carbonyl (C=O) groups is 1. The molecule has 0 unspecified atom stereocenters. The molecule has 0 bridgehead atoms. The van der Waals surface area contributed by atoms with Gasteiger partial charge in [-0.25, -0.2) is 0 Å². The van der Waals surface area contributed by atoms with Crippen LogP contribution in [0.4, 0.5) is 0 Å². The molecule has 0 atom stereocenters. The lowest BCUT2D eigenvalue weighted by Gasteiger charge is -2.26. The summed E-state index contributed by atoms with van der Waals surface area (Å²) < 4.78 is 2.04. The minimum Gasteiger partial charge on any atom is -0.481 e. The van der Waals surface area contributed by atoms with Crippen molar-refractivity contribution >= 4 is 5.97 Å². The lowest BCUT2D eigenvalue weighted by molar-refractivity contribution is -0.137. The molecule has 0 fully saturated rings. The van der Waals surface area contributed by atoms with Gasteiger partial charge in [0, 0.05) is 19.5 Å². The van der Waals surface area contributed by atoms with Crippen LogP contribution in [0.15, 0.2) is 6.33 Å². The number of fused-ring (bicyclic) bond motifs is 1. The van der Waals surface area contributed by atoms with Gasteiger partial charge in [0.25, 0.3) is 0 Å². The first-order valence-electron chi connectivity index (χ1n) is 5.06. The van der Waals surface area contributed by atoms with Crippen LogP contribution in [0.5, 0.6) is 0 Å². The molecule has 1 aromatic rings. The number of carboxylic acids is 1. The maximum atomic E-state index is 10.4. The molecule has 82 valence electrons. The molecule has 1 aromatic heterocycles. The third-order valence-corrected chi connectivity index (χ3v) is 2.58. The third kappa shape index (κ3) is 2.53. The molecule has 15 heavy (non-hydrogen) atoms. The van der Waals surface area contributed by atoms with E-state index in [-0.39, 0.29) is 6.42 Å². The van der Waals surface area contributed by atoms with E-state index in [4.69, 9.17) is 5.11 Å². The zero-order valence-electron chi connectivity index (χ0n) is 8.46. The Labute approximate surface area is 87.5 Å². The van der Waals surface area contributed by atoms with Crippen LogP contribution >= 0.6 is 0 Å². The van der Waals surface area contributed by atoms with E-state index >= 15 is 0 Å². The van der Waals surface area contributed by atoms with Crippen LogP contribution < -0.4 is 0 Å². The van der Waals surface area contributed by atoms with Gasteiger partial charge < -0.3 is 9.67 Å². The van der Waals surface area contributed by atoms with Gasteiger partial charge in [0.05, 0.1) is 6.54 Å². The predicted molar refractivity (Wildman–Crippen MR) is 52.2 cm³/mol. The number of hydrogen-bond donors (Lipinski definition) is 1. The molecule has 0 saturated carbocycles. The van der Waals surface area contributed by atoms with E-state index < -0.39 is 5.97 Å². The smallest absolute Gasteiger partial charge is 0.303 e. The van der Waals surface area contributed by atoms with E-state index in [0.717, 1.165) is 32.0 Å². The number of aliphatic carboxylic acids is 1. The molecule has 0 saturated heterocycles. The summed E-state index contributed by atoms with van der Waals surface area (Å²) in [4.78, 5) is 12.6. The standard InChI is InChI=1S/C9H14N4O2/c14-9(15)2-1-3-12-4-5-13-7-10-11-8(13)6-12/h7H,1-6H2,(H,14,15). The second-order valence-corrected chi connectivity index (χ2v) is 3.71. The number of hydrogen-bond acceptors (Lipinski definition) is 4. The van der Waals surface area contributed by atoms with Crippen molar-refractivity contribution in [2.24, 2.45) is 0 Å². The fraction of sp³-hybridized carbons (Fsp3) is 0.667. The Morgan fingerprint density at radius 3 is 3.20 bits per heavy atom. The fourth-order valence-corrected chi connectivity index (χ4v) is 1.76. The SMILES string of the molecule is O=C(O)CCCN1CCn2cnnc2C1. The van der Waals surface area contributed by atoms with Crippen molar-refractivity contribution in [2.45, 2.75) is 25.9 Å². The molecule has 6 nitrogen and oxygen atoms in total. The van der Waals surface area contributed by atoms with Crippen molar-refractivity contribution in [3.05, 3.63) is 12.2 Å². The van der Waals surface area contributed by atoms with E-state index in [9.17, 15) is 4.79 Å². The van der Waals surface area contributed by atoms with Gasteiger partial charge in [0.2, 0.25) is 0 Å². The van der Waals surface area contributed by atoms with Crippen LogP contribution in [0.2, 0.25) is 0 Å². The van der Waals surface area contributed by atoms with Crippen LogP contribution in [0.3, 0.4) is 0 Å². The van der Waals surface area contributed by atoms with Gasteiger partial charge >= 0.3 is 5.97 Å². The molecule has 1 aliphatic heterocycles. The molecule has 0 radical (unpaired) electrons. The maximum absolute atomic E-state index is 10.4. The molecule has 0 aliphatic carbocycles. The lowest BCUT2D eigenvalue weighted by Crippen LogP contribution is -2.34. The first kappa shape index (κ1) is 10.1. The first-order valence-corrected chi connectivity index (χ1v) is 5.06. The minimum absolute atomic E-state index is 0.239. The molecule has 0 amide bonds. The molecular weight excluding hydrogens is 196 g/mol. The maximum Gasteiger partial charge on any atom is 0.303 e. The van der Waals surface area contributed by atoms with Crippen LogP contribution in [0.1, 0.15) is 18.7 Å². The average Bonchev–Trinajstić information content (AvgIpc) is 2.64. The highest BCUT2D eigenvalue weighted by Crippen LogP contribution is 2.09. The molecular formula is C9H14N4O2. The van der Waals surface area contributed by atoms with Gasteiger partial charge in [0.1, 0.15) is 12.2 Å². The number of rotatable bonds is 4. The van der Waals surface area contributed by atoms with Crippen LogP contribution in [0, 0.1) is 0 Å². The number of carboxylic acid groups (broad SMARTS) is 1. The van der Waals surface area contributed by atoms with Crippen molar-refractivity contribution < 1.29 is 9.90 Å². The summed E-state index contributed by atoms with van der Waals surface area (Å²) in [6.07, 6.45) is 2.68. The normalized spacial score (nSPS) is 16.3. The second-order valence-electron chi connectivity index (χ2n) is 3.71. The Bertz CT molecular complexity index is 350. The molecule has 2 rings (SSSR count). The van der Waals surface area contributed by atoms with Crippen LogP contribution in [-0.4, -0.2) is 43.8 Å². The molecule has 1 N–H and O–H groups in total. The van der Waals surface area contributed by atoms with Crippen molar-refractivity contribution in [1.82, 2.24) is 19.7 Å². The van der Waals surface area contributed by atoms with Gasteiger partial charge in [0.15, 0.2) is 0 Å². The van der Waals surface area contributed by atoms with Gasteiger partial charge in [-0.3, -0.25) is 9.69 Å². The fourth-order valence-electron chi connectivity index (χ4n) is 1.76. The van der Waals surface area contributed by atoms with E-state index in [0.29, 0.717) is 6.42 Å². The van der Waals surface area contributed by atoms with Crippen molar-refractivity contribution in [3.63, 3.8) is 0 Å². The molecule has 0 aromatic carbocycles. The highest BCUT2D eigenvalue weighted by atomic mass is 16.4. The van der Waals surface area contributed by atoms with Crippen LogP contribution in [0.25, 0.3) is 0 Å². The van der Waals surface area contributed by atoms with Crippen molar-refractivity contribution in [3.8, 4) is 0 Å². The van der Waals surface area contributed by atoms with Gasteiger partial charge in [-0.2, -0.15) is 0 Å². The number of aromatic nitrogens is 3. The Balaban J connectivity index is 1.80. The molecule has 2 heterocycles. The average molecular weight is 210 g/mol. The summed E-state index contributed by atoms with van der Waals surface area (Å²) >= 11 is 0. The second kappa shape index (κ2) is 4.39. The molecule has 0 spiro atoms. The summed E-state index contributed by atoms with van der Waals surface area (Å²) in [5.74, 6) is 0.242. The van der Waals surface area contributed by atoms with Crippen molar-refractivity contribution in [1.29, 1.82) is 0 Å². The predicted octanol–water partition coefficient (Wildman–Crippen LogP) is -0.0415. The van der Waals surface area contributed by atoms with E-state index in [1.165, 1.54) is 0 Å². The monoisotopic (exact) mass is 210 g/mol. The Hall–Kier alpha value is -1.43. The summed E-state index contributed by atoms with van der Waals surface area (Å²) in [5.41, 5.74) is 0. The zero-order valence-corrected chi connectivity index (χ0v) is 8.46.